The Bertz CT molecular complexity index is 608. The number of nitrogens with one attached hydrogen (secondary N) is 1. The van der Waals surface area contributed by atoms with Gasteiger partial charge in [0.1, 0.15) is 0 Å². The fourth-order valence-corrected chi connectivity index (χ4v) is 3.45. The van der Waals surface area contributed by atoms with Gasteiger partial charge in [0.15, 0.2) is 0 Å². The average Bonchev–Trinajstić information content (AvgIpc) is 2.78. The molecule has 4 nitrogen and oxygen atoms in total. The van der Waals surface area contributed by atoms with Crippen molar-refractivity contribution in [3.63, 3.8) is 0 Å². The Morgan fingerprint density at radius 3 is 2.61 bits per heavy atom. The van der Waals surface area contributed by atoms with Crippen molar-refractivity contribution < 1.29 is 4.79 Å². The van der Waals surface area contributed by atoms with E-state index in [0.29, 0.717) is 18.4 Å². The summed E-state index contributed by atoms with van der Waals surface area (Å²) in [5.74, 6) is 1.04. The number of hydrogen-bond donors (Lipinski definition) is 1. The van der Waals surface area contributed by atoms with Gasteiger partial charge in [-0.25, -0.2) is 0 Å². The molecule has 23 heavy (non-hydrogen) atoms. The summed E-state index contributed by atoms with van der Waals surface area (Å²) in [6.07, 6.45) is 2.24. The lowest BCUT2D eigenvalue weighted by Gasteiger charge is -2.14. The van der Waals surface area contributed by atoms with E-state index in [0.717, 1.165) is 12.2 Å². The second kappa shape index (κ2) is 6.50. The van der Waals surface area contributed by atoms with Crippen molar-refractivity contribution >= 4 is 5.91 Å². The van der Waals surface area contributed by atoms with Gasteiger partial charge in [-0.05, 0) is 51.0 Å². The molecule has 0 bridgehead atoms. The van der Waals surface area contributed by atoms with Crippen molar-refractivity contribution in [2.75, 3.05) is 6.54 Å². The van der Waals surface area contributed by atoms with Crippen molar-refractivity contribution in [1.82, 2.24) is 15.1 Å². The van der Waals surface area contributed by atoms with Crippen molar-refractivity contribution in [2.24, 2.45) is 23.2 Å². The fraction of sp³-hybridized carbons (Fsp3) is 0.684. The number of allylic oxidation sites excluding steroid dienone is 2. The van der Waals surface area contributed by atoms with Gasteiger partial charge >= 0.3 is 0 Å². The number of hydrogen-bond acceptors (Lipinski definition) is 2. The zero-order chi connectivity index (χ0) is 17.4. The minimum Gasteiger partial charge on any atom is -0.355 e. The van der Waals surface area contributed by atoms with Gasteiger partial charge in [0.25, 0.3) is 0 Å². The largest absolute Gasteiger partial charge is 0.355 e. The number of nitrogens with zero attached hydrogens (tertiary/aromatic N) is 2. The Morgan fingerprint density at radius 2 is 2.09 bits per heavy atom. The van der Waals surface area contributed by atoms with Gasteiger partial charge in [-0.15, -0.1) is 0 Å². The molecular weight excluding hydrogens is 286 g/mol. The van der Waals surface area contributed by atoms with Crippen LogP contribution in [0.2, 0.25) is 0 Å². The van der Waals surface area contributed by atoms with Gasteiger partial charge in [-0.1, -0.05) is 32.4 Å². The molecule has 0 aromatic carbocycles. The van der Waals surface area contributed by atoms with Crippen LogP contribution in [0, 0.1) is 37.0 Å². The number of aromatic nitrogens is 2. The summed E-state index contributed by atoms with van der Waals surface area (Å²) in [5.41, 5.74) is 3.59. The summed E-state index contributed by atoms with van der Waals surface area (Å²) >= 11 is 0. The zero-order valence-electron chi connectivity index (χ0n) is 15.6. The molecule has 1 saturated carbocycles. The van der Waals surface area contributed by atoms with Crippen LogP contribution in [0.15, 0.2) is 17.7 Å². The molecule has 128 valence electrons. The van der Waals surface area contributed by atoms with Crippen molar-refractivity contribution in [3.8, 4) is 0 Å². The molecule has 1 fully saturated rings. The minimum absolute atomic E-state index is 0.0836. The van der Waals surface area contributed by atoms with Gasteiger partial charge in [0.2, 0.25) is 5.91 Å². The fourth-order valence-electron chi connectivity index (χ4n) is 3.45. The summed E-state index contributed by atoms with van der Waals surface area (Å²) in [4.78, 5) is 12.5. The first-order chi connectivity index (χ1) is 10.6. The molecule has 0 radical (unpaired) electrons. The topological polar surface area (TPSA) is 46.9 Å². The van der Waals surface area contributed by atoms with E-state index >= 15 is 0 Å². The molecule has 0 spiro atoms. The second-order valence-electron chi connectivity index (χ2n) is 8.03. The normalized spacial score (nSPS) is 23.3. The quantitative estimate of drug-likeness (QED) is 0.816. The monoisotopic (exact) mass is 317 g/mol. The van der Waals surface area contributed by atoms with E-state index in [4.69, 9.17) is 0 Å². The molecule has 3 atom stereocenters. The van der Waals surface area contributed by atoms with Crippen LogP contribution in [-0.2, 0) is 11.3 Å². The van der Waals surface area contributed by atoms with Crippen LogP contribution in [0.3, 0.4) is 0 Å². The molecule has 4 heteroatoms. The van der Waals surface area contributed by atoms with Gasteiger partial charge in [0.05, 0.1) is 11.6 Å². The molecule has 1 aliphatic rings. The first kappa shape index (κ1) is 17.8. The zero-order valence-corrected chi connectivity index (χ0v) is 15.6. The Hall–Kier alpha value is -1.58. The third-order valence-electron chi connectivity index (χ3n) is 4.92. The number of carbonyl (C=O) groups is 1. The Morgan fingerprint density at radius 1 is 1.43 bits per heavy atom. The second-order valence-corrected chi connectivity index (χ2v) is 8.03. The van der Waals surface area contributed by atoms with E-state index in [9.17, 15) is 4.79 Å². The highest BCUT2D eigenvalue weighted by Gasteiger charge is 2.60. The summed E-state index contributed by atoms with van der Waals surface area (Å²) in [7, 11) is 0. The van der Waals surface area contributed by atoms with Crippen molar-refractivity contribution in [3.05, 3.63) is 29.1 Å². The van der Waals surface area contributed by atoms with Crippen molar-refractivity contribution in [2.45, 2.75) is 55.0 Å². The third kappa shape index (κ3) is 4.04. The van der Waals surface area contributed by atoms with E-state index < -0.39 is 0 Å². The summed E-state index contributed by atoms with van der Waals surface area (Å²) < 4.78 is 2.03. The highest BCUT2D eigenvalue weighted by atomic mass is 16.2. The molecule has 1 aromatic rings. The lowest BCUT2D eigenvalue weighted by Crippen LogP contribution is -2.32. The maximum atomic E-state index is 12.5. The minimum atomic E-state index is 0.0836. The van der Waals surface area contributed by atoms with Crippen LogP contribution in [0.4, 0.5) is 0 Å². The van der Waals surface area contributed by atoms with E-state index in [2.05, 4.69) is 64.1 Å². The van der Waals surface area contributed by atoms with Crippen LogP contribution >= 0.6 is 0 Å². The molecule has 1 aromatic heterocycles. The average molecular weight is 317 g/mol. The third-order valence-corrected chi connectivity index (χ3v) is 4.92. The van der Waals surface area contributed by atoms with E-state index in [1.807, 2.05) is 11.6 Å². The Kier molecular flexibility index (Phi) is 5.02. The smallest absolute Gasteiger partial charge is 0.224 e. The molecule has 2 rings (SSSR count). The predicted octanol–water partition coefficient (Wildman–Crippen LogP) is 3.49. The maximum absolute atomic E-state index is 12.5. The molecule has 1 aliphatic carbocycles. The van der Waals surface area contributed by atoms with Gasteiger partial charge in [-0.2, -0.15) is 5.10 Å². The van der Waals surface area contributed by atoms with Crippen LogP contribution < -0.4 is 5.32 Å². The van der Waals surface area contributed by atoms with E-state index in [1.165, 1.54) is 11.3 Å². The molecule has 1 N–H and O–H groups in total. The van der Waals surface area contributed by atoms with Crippen LogP contribution in [-0.4, -0.2) is 22.2 Å². The number of aryl methyl sites for hydroxylation is 2. The van der Waals surface area contributed by atoms with Gasteiger partial charge in [-0.3, -0.25) is 9.48 Å². The highest BCUT2D eigenvalue weighted by Crippen LogP contribution is 2.59. The number of rotatable bonds is 6. The maximum Gasteiger partial charge on any atom is 0.224 e. The molecule has 1 amide bonds. The van der Waals surface area contributed by atoms with E-state index in [1.54, 1.807) is 0 Å². The highest BCUT2D eigenvalue weighted by molar-refractivity contribution is 5.83. The first-order valence-corrected chi connectivity index (χ1v) is 8.56. The molecule has 1 heterocycles. The molecular formula is C19H31N3O. The Balaban J connectivity index is 1.85. The predicted molar refractivity (Wildman–Crippen MR) is 94.1 cm³/mol. The number of carbonyl (C=O) groups excluding carboxylic acids is 1. The lowest BCUT2D eigenvalue weighted by atomic mass is 10.1. The van der Waals surface area contributed by atoms with Gasteiger partial charge in [0, 0.05) is 18.8 Å². The van der Waals surface area contributed by atoms with E-state index in [-0.39, 0.29) is 17.2 Å². The van der Waals surface area contributed by atoms with Crippen LogP contribution in [0.1, 0.15) is 46.0 Å². The summed E-state index contributed by atoms with van der Waals surface area (Å²) in [5, 5.41) is 7.63. The van der Waals surface area contributed by atoms with Crippen LogP contribution in [0.5, 0.6) is 0 Å². The van der Waals surface area contributed by atoms with Crippen molar-refractivity contribution in [1.29, 1.82) is 0 Å². The molecule has 0 saturated heterocycles. The number of amides is 1. The standard InChI is InChI=1S/C19H31N3O/c1-12(2)8-16-17(19(16,6)7)18(23)20-10-13(3)11-22-15(5)9-14(4)21-22/h8-9,13,16-17H,10-11H2,1-7H3,(H,20,23). The first-order valence-electron chi connectivity index (χ1n) is 8.56. The molecule has 0 aliphatic heterocycles. The lowest BCUT2D eigenvalue weighted by molar-refractivity contribution is -0.123. The summed E-state index contributed by atoms with van der Waals surface area (Å²) in [6.45, 7) is 16.3. The van der Waals surface area contributed by atoms with Crippen LogP contribution in [0.25, 0.3) is 0 Å². The van der Waals surface area contributed by atoms with Gasteiger partial charge < -0.3 is 5.32 Å². The Labute approximate surface area is 140 Å². The molecule has 3 unspecified atom stereocenters. The summed E-state index contributed by atoms with van der Waals surface area (Å²) in [6, 6.07) is 2.09. The SMILES string of the molecule is CC(C)=CC1C(C(=O)NCC(C)Cn2nc(C)cc2C)C1(C)C.